The number of furan rings is 1. The average Bonchev–Trinajstić information content (AvgIpc) is 2.68. The van der Waals surface area contributed by atoms with Crippen LogP contribution in [0, 0.1) is 11.8 Å². The summed E-state index contributed by atoms with van der Waals surface area (Å²) in [7, 11) is 0. The van der Waals surface area contributed by atoms with Crippen LogP contribution in [0.15, 0.2) is 23.0 Å². The summed E-state index contributed by atoms with van der Waals surface area (Å²) in [5.41, 5.74) is 1.26. The summed E-state index contributed by atoms with van der Waals surface area (Å²) in [4.78, 5) is 0. The summed E-state index contributed by atoms with van der Waals surface area (Å²) in [6, 6.07) is 3.12. The van der Waals surface area contributed by atoms with Gasteiger partial charge in [-0.2, -0.15) is 0 Å². The van der Waals surface area contributed by atoms with E-state index in [1.165, 1.54) is 24.8 Å². The average molecular weight is 221 g/mol. The van der Waals surface area contributed by atoms with Gasteiger partial charge in [-0.1, -0.05) is 13.8 Å². The molecule has 1 fully saturated rings. The van der Waals surface area contributed by atoms with Crippen molar-refractivity contribution in [2.75, 3.05) is 0 Å². The minimum Gasteiger partial charge on any atom is -0.472 e. The molecule has 3 unspecified atom stereocenters. The quantitative estimate of drug-likeness (QED) is 0.840. The van der Waals surface area contributed by atoms with E-state index in [0.717, 1.165) is 11.8 Å². The summed E-state index contributed by atoms with van der Waals surface area (Å²) < 4.78 is 5.13. The van der Waals surface area contributed by atoms with Gasteiger partial charge < -0.3 is 9.73 Å². The zero-order chi connectivity index (χ0) is 11.5. The Morgan fingerprint density at radius 1 is 1.25 bits per heavy atom. The highest BCUT2D eigenvalue weighted by Crippen LogP contribution is 2.29. The summed E-state index contributed by atoms with van der Waals surface area (Å²) in [5, 5.41) is 3.72. The molecule has 2 nitrogen and oxygen atoms in total. The molecule has 1 heterocycles. The van der Waals surface area contributed by atoms with Crippen LogP contribution in [0.25, 0.3) is 0 Å². The summed E-state index contributed by atoms with van der Waals surface area (Å²) in [6.45, 7) is 6.95. The van der Waals surface area contributed by atoms with Gasteiger partial charge in [-0.15, -0.1) is 0 Å². The van der Waals surface area contributed by atoms with E-state index in [1.807, 2.05) is 12.3 Å². The molecule has 1 aromatic rings. The highest BCUT2D eigenvalue weighted by molar-refractivity contribution is 5.10. The molecular weight excluding hydrogens is 198 g/mol. The second kappa shape index (κ2) is 5.05. The smallest absolute Gasteiger partial charge is 0.0950 e. The lowest BCUT2D eigenvalue weighted by Gasteiger charge is -2.33. The third kappa shape index (κ3) is 2.88. The van der Waals surface area contributed by atoms with Crippen LogP contribution in [0.4, 0.5) is 0 Å². The standard InChI is InChI=1S/C14H23NO/c1-10-6-11(2)8-14(7-10)15-12(3)13-4-5-16-9-13/h4-5,9-12,14-15H,6-8H2,1-3H3. The van der Waals surface area contributed by atoms with E-state index < -0.39 is 0 Å². The van der Waals surface area contributed by atoms with Crippen LogP contribution in [-0.4, -0.2) is 6.04 Å². The molecule has 0 aromatic carbocycles. The van der Waals surface area contributed by atoms with Crippen molar-refractivity contribution in [2.24, 2.45) is 11.8 Å². The molecule has 1 aliphatic carbocycles. The third-order valence-corrected chi connectivity index (χ3v) is 3.71. The zero-order valence-corrected chi connectivity index (χ0v) is 10.6. The van der Waals surface area contributed by atoms with Crippen LogP contribution in [0.1, 0.15) is 51.6 Å². The van der Waals surface area contributed by atoms with Gasteiger partial charge in [-0.25, -0.2) is 0 Å². The second-order valence-corrected chi connectivity index (χ2v) is 5.56. The molecule has 1 saturated carbocycles. The SMILES string of the molecule is CC1CC(C)CC(NC(C)c2ccoc2)C1. The Morgan fingerprint density at radius 3 is 2.50 bits per heavy atom. The molecule has 1 aliphatic rings. The van der Waals surface area contributed by atoms with Gasteiger partial charge in [0.1, 0.15) is 0 Å². The largest absolute Gasteiger partial charge is 0.472 e. The number of hydrogen-bond donors (Lipinski definition) is 1. The fourth-order valence-corrected chi connectivity index (χ4v) is 3.05. The molecule has 0 amide bonds. The minimum atomic E-state index is 0.404. The van der Waals surface area contributed by atoms with E-state index in [4.69, 9.17) is 4.42 Å². The Bertz CT molecular complexity index is 297. The van der Waals surface area contributed by atoms with Crippen molar-refractivity contribution in [3.63, 3.8) is 0 Å². The maximum Gasteiger partial charge on any atom is 0.0950 e. The lowest BCUT2D eigenvalue weighted by molar-refractivity contribution is 0.228. The Balaban J connectivity index is 1.89. The minimum absolute atomic E-state index is 0.404. The number of hydrogen-bond acceptors (Lipinski definition) is 2. The van der Waals surface area contributed by atoms with Crippen LogP contribution in [0.5, 0.6) is 0 Å². The van der Waals surface area contributed by atoms with Crippen LogP contribution >= 0.6 is 0 Å². The number of nitrogens with one attached hydrogen (secondary N) is 1. The highest BCUT2D eigenvalue weighted by Gasteiger charge is 2.25. The summed E-state index contributed by atoms with van der Waals surface area (Å²) >= 11 is 0. The van der Waals surface area contributed by atoms with Gasteiger partial charge in [-0.05, 0) is 44.1 Å². The van der Waals surface area contributed by atoms with Crippen molar-refractivity contribution < 1.29 is 4.42 Å². The maximum atomic E-state index is 5.13. The molecule has 0 saturated heterocycles. The molecule has 2 heteroatoms. The van der Waals surface area contributed by atoms with Crippen molar-refractivity contribution in [1.82, 2.24) is 5.32 Å². The monoisotopic (exact) mass is 221 g/mol. The first-order chi connectivity index (χ1) is 7.65. The van der Waals surface area contributed by atoms with Crippen LogP contribution in [0.3, 0.4) is 0 Å². The van der Waals surface area contributed by atoms with Gasteiger partial charge in [-0.3, -0.25) is 0 Å². The lowest BCUT2D eigenvalue weighted by atomic mass is 9.80. The van der Waals surface area contributed by atoms with Crippen molar-refractivity contribution in [1.29, 1.82) is 0 Å². The molecule has 1 aromatic heterocycles. The third-order valence-electron chi connectivity index (χ3n) is 3.71. The summed E-state index contributed by atoms with van der Waals surface area (Å²) in [5.74, 6) is 1.72. The van der Waals surface area contributed by atoms with Crippen molar-refractivity contribution >= 4 is 0 Å². The van der Waals surface area contributed by atoms with Gasteiger partial charge in [0.25, 0.3) is 0 Å². The molecule has 2 rings (SSSR count). The fraction of sp³-hybridized carbons (Fsp3) is 0.714. The molecule has 90 valence electrons. The normalized spacial score (nSPS) is 32.6. The topological polar surface area (TPSA) is 25.2 Å². The van der Waals surface area contributed by atoms with Crippen molar-refractivity contribution in [3.8, 4) is 0 Å². The number of rotatable bonds is 3. The van der Waals surface area contributed by atoms with E-state index in [0.29, 0.717) is 12.1 Å². The van der Waals surface area contributed by atoms with Crippen molar-refractivity contribution in [2.45, 2.75) is 52.1 Å². The molecule has 0 spiro atoms. The first-order valence-electron chi connectivity index (χ1n) is 6.43. The zero-order valence-electron chi connectivity index (χ0n) is 10.6. The Morgan fingerprint density at radius 2 is 1.94 bits per heavy atom. The lowest BCUT2D eigenvalue weighted by Crippen LogP contribution is -2.37. The molecule has 16 heavy (non-hydrogen) atoms. The van der Waals surface area contributed by atoms with Crippen LogP contribution in [-0.2, 0) is 0 Å². The Kier molecular flexibility index (Phi) is 3.70. The van der Waals surface area contributed by atoms with E-state index in [9.17, 15) is 0 Å². The molecule has 0 bridgehead atoms. The predicted octanol–water partition coefficient (Wildman–Crippen LogP) is 3.75. The molecule has 3 atom stereocenters. The van der Waals surface area contributed by atoms with Gasteiger partial charge >= 0.3 is 0 Å². The van der Waals surface area contributed by atoms with Crippen molar-refractivity contribution in [3.05, 3.63) is 24.2 Å². The van der Waals surface area contributed by atoms with Gasteiger partial charge in [0.2, 0.25) is 0 Å². The molecular formula is C14H23NO. The Hall–Kier alpha value is -0.760. The van der Waals surface area contributed by atoms with E-state index in [2.05, 4.69) is 26.1 Å². The molecule has 1 N–H and O–H groups in total. The molecule has 0 radical (unpaired) electrons. The second-order valence-electron chi connectivity index (χ2n) is 5.56. The summed E-state index contributed by atoms with van der Waals surface area (Å²) in [6.07, 6.45) is 7.60. The highest BCUT2D eigenvalue weighted by atomic mass is 16.3. The first kappa shape index (κ1) is 11.7. The van der Waals surface area contributed by atoms with Gasteiger partial charge in [0.15, 0.2) is 0 Å². The fourth-order valence-electron chi connectivity index (χ4n) is 3.05. The van der Waals surface area contributed by atoms with E-state index in [1.54, 1.807) is 6.26 Å². The van der Waals surface area contributed by atoms with Gasteiger partial charge in [0.05, 0.1) is 12.5 Å². The van der Waals surface area contributed by atoms with Gasteiger partial charge in [0, 0.05) is 17.6 Å². The van der Waals surface area contributed by atoms with E-state index in [-0.39, 0.29) is 0 Å². The Labute approximate surface area is 98.4 Å². The van der Waals surface area contributed by atoms with Crippen LogP contribution < -0.4 is 5.32 Å². The molecule has 0 aliphatic heterocycles. The predicted molar refractivity (Wildman–Crippen MR) is 66.2 cm³/mol. The van der Waals surface area contributed by atoms with E-state index >= 15 is 0 Å². The van der Waals surface area contributed by atoms with Crippen LogP contribution in [0.2, 0.25) is 0 Å². The first-order valence-corrected chi connectivity index (χ1v) is 6.43. The maximum absolute atomic E-state index is 5.13.